The van der Waals surface area contributed by atoms with Gasteiger partial charge in [-0.15, -0.1) is 0 Å². The first-order chi connectivity index (χ1) is 9.37. The topological polar surface area (TPSA) is 55.6 Å². The lowest BCUT2D eigenvalue weighted by Crippen LogP contribution is -2.32. The zero-order valence-corrected chi connectivity index (χ0v) is 13.1. The average molecular weight is 294 g/mol. The number of esters is 1. The molecule has 1 aromatic carbocycles. The maximum atomic E-state index is 12.2. The first kappa shape index (κ1) is 15.0. The van der Waals surface area contributed by atoms with Crippen molar-refractivity contribution in [2.75, 3.05) is 35.2 Å². The van der Waals surface area contributed by atoms with Crippen LogP contribution in [0.25, 0.3) is 0 Å². The normalized spacial score (nSPS) is 16.1. The summed E-state index contributed by atoms with van der Waals surface area (Å²) in [7, 11) is 0. The largest absolute Gasteiger partial charge is 0.456 e. The third-order valence-electron chi connectivity index (χ3n) is 3.03. The molecule has 1 fully saturated rings. The van der Waals surface area contributed by atoms with Gasteiger partial charge < -0.3 is 15.4 Å². The second-order valence-corrected chi connectivity index (χ2v) is 7.10. The molecule has 0 amide bonds. The molecule has 0 spiro atoms. The van der Waals surface area contributed by atoms with Gasteiger partial charge in [0.2, 0.25) is 0 Å². The number of thioether (sulfide) groups is 1. The molecule has 1 heterocycles. The molecule has 1 aromatic rings. The van der Waals surface area contributed by atoms with Crippen LogP contribution >= 0.6 is 11.8 Å². The second-order valence-electron chi connectivity index (χ2n) is 5.87. The van der Waals surface area contributed by atoms with E-state index in [1.807, 2.05) is 44.7 Å². The van der Waals surface area contributed by atoms with E-state index in [-0.39, 0.29) is 5.97 Å². The molecular formula is C15H22N2O2S. The van der Waals surface area contributed by atoms with Crippen molar-refractivity contribution in [2.45, 2.75) is 26.4 Å². The Balaban J connectivity index is 2.22. The summed E-state index contributed by atoms with van der Waals surface area (Å²) in [5.41, 5.74) is 7.37. The molecule has 1 aliphatic heterocycles. The second kappa shape index (κ2) is 5.95. The van der Waals surface area contributed by atoms with Crippen molar-refractivity contribution in [3.8, 4) is 0 Å². The maximum Gasteiger partial charge on any atom is 0.340 e. The Morgan fingerprint density at radius 3 is 2.55 bits per heavy atom. The van der Waals surface area contributed by atoms with Gasteiger partial charge in [0.15, 0.2) is 0 Å². The highest BCUT2D eigenvalue weighted by Gasteiger charge is 2.21. The highest BCUT2D eigenvalue weighted by molar-refractivity contribution is 7.99. The SMILES string of the molecule is CC(C)(C)OC(=O)c1cc(N2CCSCC2)ccc1N. The lowest BCUT2D eigenvalue weighted by molar-refractivity contribution is 0.00708. The molecule has 4 nitrogen and oxygen atoms in total. The number of nitrogen functional groups attached to an aromatic ring is 1. The van der Waals surface area contributed by atoms with Crippen LogP contribution in [0.4, 0.5) is 11.4 Å². The molecule has 20 heavy (non-hydrogen) atoms. The Kier molecular flexibility index (Phi) is 4.48. The van der Waals surface area contributed by atoms with Crippen LogP contribution in [0.3, 0.4) is 0 Å². The predicted molar refractivity (Wildman–Crippen MR) is 85.6 cm³/mol. The molecule has 5 heteroatoms. The molecule has 1 aliphatic rings. The Labute approximate surface area is 124 Å². The number of ether oxygens (including phenoxy) is 1. The van der Waals surface area contributed by atoms with Crippen LogP contribution in [0.1, 0.15) is 31.1 Å². The molecule has 0 saturated carbocycles. The van der Waals surface area contributed by atoms with Gasteiger partial charge in [0.05, 0.1) is 5.56 Å². The number of rotatable bonds is 2. The number of hydrogen-bond donors (Lipinski definition) is 1. The minimum atomic E-state index is -0.513. The van der Waals surface area contributed by atoms with E-state index in [1.165, 1.54) is 0 Å². The third kappa shape index (κ3) is 3.82. The summed E-state index contributed by atoms with van der Waals surface area (Å²) in [4.78, 5) is 14.5. The van der Waals surface area contributed by atoms with Gasteiger partial charge in [-0.2, -0.15) is 11.8 Å². The van der Waals surface area contributed by atoms with Gasteiger partial charge in [-0.25, -0.2) is 4.79 Å². The predicted octanol–water partition coefficient (Wildman–Crippen LogP) is 2.78. The molecule has 110 valence electrons. The molecule has 0 unspecified atom stereocenters. The summed E-state index contributed by atoms with van der Waals surface area (Å²) in [5, 5.41) is 0. The summed E-state index contributed by atoms with van der Waals surface area (Å²) in [6, 6.07) is 5.61. The standard InChI is InChI=1S/C15H22N2O2S/c1-15(2,3)19-14(18)12-10-11(4-5-13(12)16)17-6-8-20-9-7-17/h4-5,10H,6-9,16H2,1-3H3. The first-order valence-corrected chi connectivity index (χ1v) is 7.98. The van der Waals surface area contributed by atoms with Crippen molar-refractivity contribution in [3.05, 3.63) is 23.8 Å². The van der Waals surface area contributed by atoms with E-state index in [2.05, 4.69) is 4.90 Å². The van der Waals surface area contributed by atoms with E-state index in [0.717, 1.165) is 30.3 Å². The van der Waals surface area contributed by atoms with Crippen LogP contribution in [-0.2, 0) is 4.74 Å². The summed E-state index contributed by atoms with van der Waals surface area (Å²) in [5.74, 6) is 1.88. The van der Waals surface area contributed by atoms with Gasteiger partial charge in [-0.05, 0) is 39.0 Å². The van der Waals surface area contributed by atoms with Crippen molar-refractivity contribution in [1.82, 2.24) is 0 Å². The zero-order chi connectivity index (χ0) is 14.8. The first-order valence-electron chi connectivity index (χ1n) is 6.82. The van der Waals surface area contributed by atoms with Gasteiger partial charge >= 0.3 is 5.97 Å². The fourth-order valence-electron chi connectivity index (χ4n) is 2.07. The molecule has 0 bridgehead atoms. The lowest BCUT2D eigenvalue weighted by atomic mass is 10.1. The summed E-state index contributed by atoms with van der Waals surface area (Å²) in [6.07, 6.45) is 0. The number of hydrogen-bond acceptors (Lipinski definition) is 5. The van der Waals surface area contributed by atoms with E-state index in [0.29, 0.717) is 11.3 Å². The average Bonchev–Trinajstić information content (AvgIpc) is 2.38. The van der Waals surface area contributed by atoms with Crippen LogP contribution in [0, 0.1) is 0 Å². The molecule has 0 radical (unpaired) electrons. The van der Waals surface area contributed by atoms with E-state index < -0.39 is 5.60 Å². The van der Waals surface area contributed by atoms with Gasteiger partial charge in [-0.1, -0.05) is 0 Å². The fourth-order valence-corrected chi connectivity index (χ4v) is 2.98. The number of anilines is 2. The number of carbonyl (C=O) groups is 1. The molecule has 0 atom stereocenters. The number of benzene rings is 1. The van der Waals surface area contributed by atoms with Crippen LogP contribution in [0.5, 0.6) is 0 Å². The van der Waals surface area contributed by atoms with Crippen LogP contribution in [0.15, 0.2) is 18.2 Å². The van der Waals surface area contributed by atoms with E-state index in [1.54, 1.807) is 6.07 Å². The maximum absolute atomic E-state index is 12.2. The Morgan fingerprint density at radius 2 is 1.95 bits per heavy atom. The van der Waals surface area contributed by atoms with Crippen LogP contribution in [-0.4, -0.2) is 36.2 Å². The van der Waals surface area contributed by atoms with E-state index >= 15 is 0 Å². The molecule has 0 aromatic heterocycles. The fraction of sp³-hybridized carbons (Fsp3) is 0.533. The van der Waals surface area contributed by atoms with Crippen LogP contribution < -0.4 is 10.6 Å². The van der Waals surface area contributed by atoms with Gasteiger partial charge in [0.25, 0.3) is 0 Å². The Morgan fingerprint density at radius 1 is 1.30 bits per heavy atom. The number of nitrogens with zero attached hydrogens (tertiary/aromatic N) is 1. The van der Waals surface area contributed by atoms with Crippen molar-refractivity contribution < 1.29 is 9.53 Å². The number of carbonyl (C=O) groups excluding carboxylic acids is 1. The van der Waals surface area contributed by atoms with Gasteiger partial charge in [0.1, 0.15) is 5.60 Å². The van der Waals surface area contributed by atoms with E-state index in [9.17, 15) is 4.79 Å². The minimum Gasteiger partial charge on any atom is -0.456 e. The highest BCUT2D eigenvalue weighted by Crippen LogP contribution is 2.25. The molecule has 1 saturated heterocycles. The van der Waals surface area contributed by atoms with Gasteiger partial charge in [-0.3, -0.25) is 0 Å². The Hall–Kier alpha value is -1.36. The smallest absolute Gasteiger partial charge is 0.340 e. The lowest BCUT2D eigenvalue weighted by Gasteiger charge is -2.29. The van der Waals surface area contributed by atoms with Crippen molar-refractivity contribution >= 4 is 29.1 Å². The zero-order valence-electron chi connectivity index (χ0n) is 12.3. The number of nitrogens with two attached hydrogens (primary N) is 1. The summed E-state index contributed by atoms with van der Waals surface area (Å²) >= 11 is 1.96. The van der Waals surface area contributed by atoms with Crippen molar-refractivity contribution in [1.29, 1.82) is 0 Å². The van der Waals surface area contributed by atoms with Crippen molar-refractivity contribution in [3.63, 3.8) is 0 Å². The highest BCUT2D eigenvalue weighted by atomic mass is 32.2. The van der Waals surface area contributed by atoms with E-state index in [4.69, 9.17) is 10.5 Å². The molecule has 0 aliphatic carbocycles. The van der Waals surface area contributed by atoms with Gasteiger partial charge in [0, 0.05) is 36.0 Å². The summed E-state index contributed by atoms with van der Waals surface area (Å²) in [6.45, 7) is 7.57. The molecule has 2 rings (SSSR count). The molecular weight excluding hydrogens is 272 g/mol. The van der Waals surface area contributed by atoms with Crippen molar-refractivity contribution in [2.24, 2.45) is 0 Å². The monoisotopic (exact) mass is 294 g/mol. The third-order valence-corrected chi connectivity index (χ3v) is 3.97. The van der Waals surface area contributed by atoms with Crippen LogP contribution in [0.2, 0.25) is 0 Å². The minimum absolute atomic E-state index is 0.358. The quantitative estimate of drug-likeness (QED) is 0.671. The molecule has 2 N–H and O–H groups in total. The Bertz CT molecular complexity index is 491. The summed E-state index contributed by atoms with van der Waals surface area (Å²) < 4.78 is 5.41.